The van der Waals surface area contributed by atoms with Gasteiger partial charge in [0.2, 0.25) is 5.91 Å². The second kappa shape index (κ2) is 8.07. The summed E-state index contributed by atoms with van der Waals surface area (Å²) in [5.41, 5.74) is 1.03. The molecule has 2 amide bonds. The normalized spacial score (nSPS) is 13.4. The lowest BCUT2D eigenvalue weighted by molar-refractivity contribution is -0.152. The van der Waals surface area contributed by atoms with Crippen LogP contribution in [0.3, 0.4) is 0 Å². The number of rotatable bonds is 8. The van der Waals surface area contributed by atoms with Crippen molar-refractivity contribution in [3.63, 3.8) is 0 Å². The molecule has 9 nitrogen and oxygen atoms in total. The van der Waals surface area contributed by atoms with E-state index in [0.717, 1.165) is 12.8 Å². The van der Waals surface area contributed by atoms with Gasteiger partial charge in [0.25, 0.3) is 5.91 Å². The third-order valence-corrected chi connectivity index (χ3v) is 4.22. The predicted octanol–water partition coefficient (Wildman–Crippen LogP) is 0.265. The van der Waals surface area contributed by atoms with Gasteiger partial charge in [0.05, 0.1) is 18.5 Å². The Balaban J connectivity index is 1.43. The molecule has 3 rings (SSSR count). The Labute approximate surface area is 154 Å². The minimum atomic E-state index is -0.614. The molecule has 0 atom stereocenters. The van der Waals surface area contributed by atoms with Crippen LogP contribution in [-0.4, -0.2) is 53.5 Å². The summed E-state index contributed by atoms with van der Waals surface area (Å²) < 4.78 is 11.4. The number of nitrogens with zero attached hydrogens (tertiary/aromatic N) is 2. The maximum absolute atomic E-state index is 11.9. The van der Waals surface area contributed by atoms with Gasteiger partial charge in [0, 0.05) is 19.6 Å². The summed E-state index contributed by atoms with van der Waals surface area (Å²) >= 11 is 0. The minimum Gasteiger partial charge on any atom is -0.456 e. The molecule has 0 bridgehead atoms. The van der Waals surface area contributed by atoms with Gasteiger partial charge in [0.1, 0.15) is 0 Å². The Kier molecular flexibility index (Phi) is 5.58. The lowest BCUT2D eigenvalue weighted by Crippen LogP contribution is -2.40. The number of carbonyl (C=O) groups excluding carboxylic acids is 3. The molecule has 0 radical (unpaired) electrons. The van der Waals surface area contributed by atoms with E-state index in [1.807, 2.05) is 0 Å². The zero-order chi connectivity index (χ0) is 19.4. The van der Waals surface area contributed by atoms with E-state index in [1.165, 1.54) is 16.5 Å². The van der Waals surface area contributed by atoms with E-state index in [4.69, 9.17) is 9.15 Å². The highest BCUT2D eigenvalue weighted by Crippen LogP contribution is 2.18. The number of aryl methyl sites for hydroxylation is 1. The number of hydrogen-bond acceptors (Lipinski definition) is 6. The van der Waals surface area contributed by atoms with Crippen LogP contribution in [0, 0.1) is 0 Å². The van der Waals surface area contributed by atoms with Crippen LogP contribution >= 0.6 is 0 Å². The van der Waals surface area contributed by atoms with Gasteiger partial charge in [-0.25, -0.2) is 4.79 Å². The molecular weight excluding hydrogens is 354 g/mol. The smallest absolute Gasteiger partial charge is 0.419 e. The molecule has 1 heterocycles. The van der Waals surface area contributed by atoms with Crippen molar-refractivity contribution in [3.8, 4) is 0 Å². The van der Waals surface area contributed by atoms with Crippen molar-refractivity contribution in [1.82, 2.24) is 14.8 Å². The number of esters is 1. The van der Waals surface area contributed by atoms with Gasteiger partial charge in [-0.3, -0.25) is 19.0 Å². The number of benzene rings is 1. The van der Waals surface area contributed by atoms with Gasteiger partial charge in [0.15, 0.2) is 12.2 Å². The van der Waals surface area contributed by atoms with Crippen LogP contribution in [0.2, 0.25) is 0 Å². The molecule has 2 aromatic rings. The summed E-state index contributed by atoms with van der Waals surface area (Å²) in [5.74, 6) is -1.87. The number of hydrogen-bond donors (Lipinski definition) is 1. The SMILES string of the molecule is CN(CC(=O)NC1CC1)C(=O)COC(=O)CCn1c(=O)oc2ccccc21. The van der Waals surface area contributed by atoms with E-state index < -0.39 is 24.2 Å². The lowest BCUT2D eigenvalue weighted by Gasteiger charge is -2.16. The number of carbonyl (C=O) groups is 3. The number of oxazole rings is 1. The second-order valence-electron chi connectivity index (χ2n) is 6.49. The van der Waals surface area contributed by atoms with E-state index in [-0.39, 0.29) is 31.5 Å². The number of aromatic nitrogens is 1. The maximum Gasteiger partial charge on any atom is 0.419 e. The standard InChI is InChI=1S/C18H21N3O6/c1-20(10-15(22)19-12-6-7-12)16(23)11-26-17(24)8-9-21-13-4-2-3-5-14(13)27-18(21)25/h2-5,12H,6-11H2,1H3,(H,19,22). The molecule has 0 unspecified atom stereocenters. The average molecular weight is 375 g/mol. The molecule has 1 saturated carbocycles. The fourth-order valence-electron chi connectivity index (χ4n) is 2.56. The van der Waals surface area contributed by atoms with Crippen molar-refractivity contribution in [1.29, 1.82) is 0 Å². The first-order chi connectivity index (χ1) is 12.9. The molecule has 1 aliphatic carbocycles. The van der Waals surface area contributed by atoms with Gasteiger partial charge in [-0.05, 0) is 25.0 Å². The number of amides is 2. The summed E-state index contributed by atoms with van der Waals surface area (Å²) in [6.07, 6.45) is 1.86. The zero-order valence-electron chi connectivity index (χ0n) is 15.0. The third kappa shape index (κ3) is 4.96. The first-order valence-corrected chi connectivity index (χ1v) is 8.71. The monoisotopic (exact) mass is 375 g/mol. The third-order valence-electron chi connectivity index (χ3n) is 4.22. The molecule has 9 heteroatoms. The van der Waals surface area contributed by atoms with Crippen molar-refractivity contribution in [2.45, 2.75) is 31.8 Å². The first-order valence-electron chi connectivity index (χ1n) is 8.71. The first kappa shape index (κ1) is 18.7. The van der Waals surface area contributed by atoms with E-state index >= 15 is 0 Å². The van der Waals surface area contributed by atoms with Crippen molar-refractivity contribution in [3.05, 3.63) is 34.8 Å². The summed E-state index contributed by atoms with van der Waals surface area (Å²) in [6.45, 7) is -0.446. The lowest BCUT2D eigenvalue weighted by atomic mass is 10.3. The van der Waals surface area contributed by atoms with Crippen molar-refractivity contribution < 1.29 is 23.5 Å². The molecule has 27 heavy (non-hydrogen) atoms. The van der Waals surface area contributed by atoms with Crippen LogP contribution in [-0.2, 0) is 25.7 Å². The van der Waals surface area contributed by atoms with E-state index in [1.54, 1.807) is 24.3 Å². The topological polar surface area (TPSA) is 111 Å². The fourth-order valence-corrected chi connectivity index (χ4v) is 2.56. The van der Waals surface area contributed by atoms with Crippen LogP contribution in [0.5, 0.6) is 0 Å². The molecule has 1 aliphatic rings. The summed E-state index contributed by atoms with van der Waals surface area (Å²) in [7, 11) is 1.47. The quantitative estimate of drug-likeness (QED) is 0.663. The van der Waals surface area contributed by atoms with Crippen LogP contribution in [0.4, 0.5) is 0 Å². The Bertz CT molecular complexity index is 911. The van der Waals surface area contributed by atoms with Gasteiger partial charge in [-0.2, -0.15) is 0 Å². The molecule has 1 aromatic heterocycles. The van der Waals surface area contributed by atoms with Gasteiger partial charge >= 0.3 is 11.7 Å². The van der Waals surface area contributed by atoms with Gasteiger partial charge in [-0.15, -0.1) is 0 Å². The van der Waals surface area contributed by atoms with Crippen LogP contribution in [0.1, 0.15) is 19.3 Å². The number of likely N-dealkylation sites (N-methyl/N-ethyl adjacent to an activating group) is 1. The molecule has 1 N–H and O–H groups in total. The Morgan fingerprint density at radius 1 is 1.30 bits per heavy atom. The number of ether oxygens (including phenoxy) is 1. The number of fused-ring (bicyclic) bond motifs is 1. The minimum absolute atomic E-state index is 0.0801. The van der Waals surface area contributed by atoms with Crippen molar-refractivity contribution in [2.75, 3.05) is 20.2 Å². The number of para-hydroxylation sites is 2. The Hall–Kier alpha value is -3.10. The fraction of sp³-hybridized carbons (Fsp3) is 0.444. The maximum atomic E-state index is 11.9. The summed E-state index contributed by atoms with van der Waals surface area (Å²) in [4.78, 5) is 48.5. The largest absolute Gasteiger partial charge is 0.456 e. The summed E-state index contributed by atoms with van der Waals surface area (Å²) in [6, 6.07) is 7.12. The Morgan fingerprint density at radius 3 is 2.78 bits per heavy atom. The predicted molar refractivity (Wildman–Crippen MR) is 94.9 cm³/mol. The highest BCUT2D eigenvalue weighted by molar-refractivity contribution is 5.86. The molecular formula is C18H21N3O6. The van der Waals surface area contributed by atoms with Crippen LogP contribution < -0.4 is 11.1 Å². The molecule has 0 saturated heterocycles. The zero-order valence-corrected chi connectivity index (χ0v) is 15.0. The highest BCUT2D eigenvalue weighted by atomic mass is 16.5. The molecule has 0 spiro atoms. The number of nitrogens with one attached hydrogen (secondary N) is 1. The molecule has 1 fully saturated rings. The molecule has 1 aromatic carbocycles. The Morgan fingerprint density at radius 2 is 2.04 bits per heavy atom. The van der Waals surface area contributed by atoms with Crippen molar-refractivity contribution >= 4 is 28.9 Å². The molecule has 0 aliphatic heterocycles. The van der Waals surface area contributed by atoms with Crippen molar-refractivity contribution in [2.24, 2.45) is 0 Å². The van der Waals surface area contributed by atoms with Gasteiger partial charge in [-0.1, -0.05) is 12.1 Å². The van der Waals surface area contributed by atoms with E-state index in [2.05, 4.69) is 5.32 Å². The average Bonchev–Trinajstić information content (AvgIpc) is 3.38. The van der Waals surface area contributed by atoms with E-state index in [0.29, 0.717) is 11.1 Å². The molecule has 144 valence electrons. The van der Waals surface area contributed by atoms with Crippen LogP contribution in [0.25, 0.3) is 11.1 Å². The summed E-state index contributed by atoms with van der Waals surface area (Å²) in [5, 5.41) is 2.78. The van der Waals surface area contributed by atoms with Gasteiger partial charge < -0.3 is 19.4 Å². The second-order valence-corrected chi connectivity index (χ2v) is 6.49. The van der Waals surface area contributed by atoms with Crippen LogP contribution in [0.15, 0.2) is 33.5 Å². The highest BCUT2D eigenvalue weighted by Gasteiger charge is 2.24. The van der Waals surface area contributed by atoms with E-state index in [9.17, 15) is 19.2 Å².